The summed E-state index contributed by atoms with van der Waals surface area (Å²) in [6.07, 6.45) is 0. The zero-order valence-electron chi connectivity index (χ0n) is 18.9. The third kappa shape index (κ3) is 3.45. The maximum atomic E-state index is 13.4. The van der Waals surface area contributed by atoms with Crippen LogP contribution in [-0.4, -0.2) is 28.9 Å². The third-order valence-electron chi connectivity index (χ3n) is 5.95. The van der Waals surface area contributed by atoms with Crippen LogP contribution >= 0.6 is 11.3 Å². The fourth-order valence-corrected chi connectivity index (χ4v) is 5.60. The van der Waals surface area contributed by atoms with E-state index in [1.165, 1.54) is 23.3 Å². The van der Waals surface area contributed by atoms with E-state index in [0.29, 0.717) is 22.0 Å². The summed E-state index contributed by atoms with van der Waals surface area (Å²) in [6.45, 7) is 3.98. The lowest BCUT2D eigenvalue weighted by atomic mass is 9.95. The summed E-state index contributed by atoms with van der Waals surface area (Å²) in [7, 11) is 1.53. The first-order valence-corrected chi connectivity index (χ1v) is 11.6. The van der Waals surface area contributed by atoms with E-state index in [2.05, 4.69) is 0 Å². The van der Waals surface area contributed by atoms with E-state index in [1.54, 1.807) is 36.4 Å². The molecule has 6 nitrogen and oxygen atoms in total. The van der Waals surface area contributed by atoms with Crippen molar-refractivity contribution in [2.24, 2.45) is 0 Å². The molecule has 0 spiro atoms. The van der Waals surface area contributed by atoms with Crippen molar-refractivity contribution in [2.75, 3.05) is 12.0 Å². The molecule has 1 amide bonds. The van der Waals surface area contributed by atoms with Gasteiger partial charge in [-0.3, -0.25) is 14.5 Å². The Hall–Kier alpha value is -3.97. The molecule has 34 heavy (non-hydrogen) atoms. The molecule has 1 saturated heterocycles. The number of nitrogens with zero attached hydrogens (tertiary/aromatic N) is 2. The van der Waals surface area contributed by atoms with E-state index in [9.17, 15) is 14.7 Å². The van der Waals surface area contributed by atoms with Gasteiger partial charge in [-0.2, -0.15) is 0 Å². The number of Topliss-reactive ketones (excluding diaryl/α,β-unsaturated/α-hetero) is 1. The second-order valence-corrected chi connectivity index (χ2v) is 9.21. The van der Waals surface area contributed by atoms with Crippen molar-refractivity contribution in [3.63, 3.8) is 0 Å². The van der Waals surface area contributed by atoms with Gasteiger partial charge in [0.1, 0.15) is 17.6 Å². The first kappa shape index (κ1) is 21.9. The molecule has 2 heterocycles. The lowest BCUT2D eigenvalue weighted by molar-refractivity contribution is -0.132. The Labute approximate surface area is 200 Å². The van der Waals surface area contributed by atoms with Crippen LogP contribution in [0.4, 0.5) is 5.13 Å². The van der Waals surface area contributed by atoms with Crippen molar-refractivity contribution >= 4 is 44.1 Å². The molecule has 3 aromatic carbocycles. The number of para-hydroxylation sites is 1. The van der Waals surface area contributed by atoms with Crippen LogP contribution in [0.1, 0.15) is 28.3 Å². The topological polar surface area (TPSA) is 79.7 Å². The number of hydrogen-bond acceptors (Lipinski definition) is 6. The smallest absolute Gasteiger partial charge is 0.301 e. The van der Waals surface area contributed by atoms with Crippen LogP contribution in [-0.2, 0) is 9.59 Å². The molecular formula is C27H22N2O4S. The second-order valence-electron chi connectivity index (χ2n) is 8.20. The van der Waals surface area contributed by atoms with E-state index >= 15 is 0 Å². The number of ketones is 1. The molecule has 0 aliphatic carbocycles. The summed E-state index contributed by atoms with van der Waals surface area (Å²) >= 11 is 1.35. The molecule has 1 unspecified atom stereocenters. The molecule has 1 N–H and O–H groups in total. The van der Waals surface area contributed by atoms with Gasteiger partial charge in [-0.1, -0.05) is 65.9 Å². The third-order valence-corrected chi connectivity index (χ3v) is 6.95. The number of amides is 1. The summed E-state index contributed by atoms with van der Waals surface area (Å²) in [4.78, 5) is 32.9. The Balaban J connectivity index is 1.78. The van der Waals surface area contributed by atoms with Crippen LogP contribution in [0, 0.1) is 13.8 Å². The van der Waals surface area contributed by atoms with Crippen molar-refractivity contribution in [1.82, 2.24) is 4.98 Å². The van der Waals surface area contributed by atoms with Crippen LogP contribution < -0.4 is 9.64 Å². The zero-order valence-corrected chi connectivity index (χ0v) is 19.7. The normalized spacial score (nSPS) is 17.5. The second kappa shape index (κ2) is 8.43. The number of aliphatic hydroxyl groups excluding tert-OH is 1. The van der Waals surface area contributed by atoms with Gasteiger partial charge in [0, 0.05) is 11.1 Å². The molecule has 0 saturated carbocycles. The highest BCUT2D eigenvalue weighted by Gasteiger charge is 2.49. The minimum Gasteiger partial charge on any atom is -0.507 e. The summed E-state index contributed by atoms with van der Waals surface area (Å²) in [5, 5.41) is 11.6. The van der Waals surface area contributed by atoms with Gasteiger partial charge in [0.15, 0.2) is 5.13 Å². The summed E-state index contributed by atoms with van der Waals surface area (Å²) in [5.74, 6) is -1.22. The Morgan fingerprint density at radius 3 is 2.47 bits per heavy atom. The number of ether oxygens (including phenoxy) is 1. The molecule has 4 aromatic rings. The number of aryl methyl sites for hydroxylation is 2. The Morgan fingerprint density at radius 2 is 1.74 bits per heavy atom. The van der Waals surface area contributed by atoms with E-state index in [0.717, 1.165) is 21.3 Å². The quantitative estimate of drug-likeness (QED) is 0.240. The molecule has 1 aliphatic heterocycles. The number of methoxy groups -OCH3 is 1. The SMILES string of the molecule is COc1ccccc1C1/C(=C(\O)c2ccccc2)C(=O)C(=O)N1c1nc2c(C)cc(C)cc2s1. The summed E-state index contributed by atoms with van der Waals surface area (Å²) in [6, 6.07) is 19.1. The summed E-state index contributed by atoms with van der Waals surface area (Å²) < 4.78 is 6.50. The Morgan fingerprint density at radius 1 is 1.03 bits per heavy atom. The number of thiazole rings is 1. The van der Waals surface area contributed by atoms with E-state index in [4.69, 9.17) is 9.72 Å². The average molecular weight is 471 g/mol. The van der Waals surface area contributed by atoms with Crippen molar-refractivity contribution < 1.29 is 19.4 Å². The van der Waals surface area contributed by atoms with Gasteiger partial charge in [0.25, 0.3) is 5.78 Å². The van der Waals surface area contributed by atoms with Crippen LogP contribution in [0.25, 0.3) is 16.0 Å². The van der Waals surface area contributed by atoms with Gasteiger partial charge in [0.05, 0.1) is 22.9 Å². The molecule has 1 aromatic heterocycles. The predicted octanol–water partition coefficient (Wildman–Crippen LogP) is 5.55. The summed E-state index contributed by atoms with van der Waals surface area (Å²) in [5.41, 5.74) is 3.92. The zero-order chi connectivity index (χ0) is 24.0. The minimum atomic E-state index is -0.890. The van der Waals surface area contributed by atoms with Gasteiger partial charge in [-0.25, -0.2) is 4.98 Å². The average Bonchev–Trinajstić information content (AvgIpc) is 3.37. The number of anilines is 1. The first-order chi connectivity index (χ1) is 16.4. The first-order valence-electron chi connectivity index (χ1n) is 10.8. The monoisotopic (exact) mass is 470 g/mol. The van der Waals surface area contributed by atoms with E-state index in [-0.39, 0.29) is 11.3 Å². The maximum Gasteiger partial charge on any atom is 0.301 e. The maximum absolute atomic E-state index is 13.4. The number of hydrogen-bond donors (Lipinski definition) is 1. The number of benzene rings is 3. The predicted molar refractivity (Wildman–Crippen MR) is 133 cm³/mol. The lowest BCUT2D eigenvalue weighted by Gasteiger charge is -2.24. The largest absolute Gasteiger partial charge is 0.507 e. The molecule has 7 heteroatoms. The van der Waals surface area contributed by atoms with Gasteiger partial charge >= 0.3 is 5.91 Å². The van der Waals surface area contributed by atoms with E-state index in [1.807, 2.05) is 44.2 Å². The minimum absolute atomic E-state index is 0.00728. The molecular weight excluding hydrogens is 448 g/mol. The van der Waals surface area contributed by atoms with Crippen molar-refractivity contribution in [1.29, 1.82) is 0 Å². The number of aliphatic hydroxyl groups is 1. The highest BCUT2D eigenvalue weighted by molar-refractivity contribution is 7.22. The molecule has 170 valence electrons. The molecule has 1 fully saturated rings. The molecule has 0 radical (unpaired) electrons. The van der Waals surface area contributed by atoms with Gasteiger partial charge < -0.3 is 9.84 Å². The van der Waals surface area contributed by atoms with Gasteiger partial charge in [-0.15, -0.1) is 0 Å². The number of carbonyl (C=O) groups excluding carboxylic acids is 2. The standard InChI is InChI=1S/C27H22N2O4S/c1-15-13-16(2)22-20(14-15)34-27(28-22)29-23(18-11-7-8-12-19(18)33-3)21(25(31)26(29)32)24(30)17-9-5-4-6-10-17/h4-14,23,30H,1-3H3/b24-21+. The Bertz CT molecular complexity index is 1470. The van der Waals surface area contributed by atoms with Gasteiger partial charge in [-0.05, 0) is 37.1 Å². The van der Waals surface area contributed by atoms with Crippen LogP contribution in [0.2, 0.25) is 0 Å². The fourth-order valence-electron chi connectivity index (χ4n) is 4.43. The van der Waals surface area contributed by atoms with Crippen LogP contribution in [0.15, 0.2) is 72.3 Å². The number of rotatable bonds is 4. The Kier molecular flexibility index (Phi) is 5.42. The number of fused-ring (bicyclic) bond motifs is 1. The number of aromatic nitrogens is 1. The fraction of sp³-hybridized carbons (Fsp3) is 0.148. The molecule has 5 rings (SSSR count). The highest BCUT2D eigenvalue weighted by Crippen LogP contribution is 2.46. The van der Waals surface area contributed by atoms with Crippen molar-refractivity contribution in [2.45, 2.75) is 19.9 Å². The van der Waals surface area contributed by atoms with Crippen molar-refractivity contribution in [3.05, 3.63) is 94.6 Å². The molecule has 0 bridgehead atoms. The number of carbonyl (C=O) groups is 2. The molecule has 1 atom stereocenters. The molecule has 1 aliphatic rings. The van der Waals surface area contributed by atoms with Crippen molar-refractivity contribution in [3.8, 4) is 5.75 Å². The lowest BCUT2D eigenvalue weighted by Crippen LogP contribution is -2.29. The van der Waals surface area contributed by atoms with Gasteiger partial charge in [0.2, 0.25) is 0 Å². The van der Waals surface area contributed by atoms with E-state index < -0.39 is 17.7 Å². The highest BCUT2D eigenvalue weighted by atomic mass is 32.1. The van der Waals surface area contributed by atoms with Crippen LogP contribution in [0.3, 0.4) is 0 Å². The van der Waals surface area contributed by atoms with Crippen LogP contribution in [0.5, 0.6) is 5.75 Å².